The van der Waals surface area contributed by atoms with Crippen molar-refractivity contribution in [3.8, 4) is 0 Å². The molecule has 0 amide bonds. The maximum atomic E-state index is 2.46. The van der Waals surface area contributed by atoms with E-state index < -0.39 is 16.1 Å². The van der Waals surface area contributed by atoms with Crippen molar-refractivity contribution in [2.75, 3.05) is 0 Å². The second kappa shape index (κ2) is 3.80. The van der Waals surface area contributed by atoms with Gasteiger partial charge in [-0.3, -0.25) is 0 Å². The van der Waals surface area contributed by atoms with Crippen LogP contribution in [0.5, 0.6) is 0 Å². The Morgan fingerprint density at radius 3 is 1.25 bits per heavy atom. The van der Waals surface area contributed by atoms with Crippen molar-refractivity contribution in [2.24, 2.45) is 0 Å². The minimum Gasteiger partial charge on any atom is -0.144 e. The van der Waals surface area contributed by atoms with Gasteiger partial charge in [-0.05, 0) is 21.1 Å². The highest BCUT2D eigenvalue weighted by atomic mass is 32.1. The molecule has 0 nitrogen and oxygen atoms in total. The second-order valence-electron chi connectivity index (χ2n) is 6.45. The molecule has 0 aromatic carbocycles. The zero-order chi connectivity index (χ0) is 12.1. The van der Waals surface area contributed by atoms with Gasteiger partial charge in [0.05, 0.1) is 16.1 Å². The lowest BCUT2D eigenvalue weighted by atomic mass is 10.5. The Labute approximate surface area is 108 Å². The van der Waals surface area contributed by atoms with Crippen molar-refractivity contribution in [2.45, 2.75) is 39.3 Å². The Hall–Kier alpha value is 0.0938. The summed E-state index contributed by atoms with van der Waals surface area (Å²) < 4.78 is 6.35. The average Bonchev–Trinajstić information content (AvgIpc) is 2.53. The first-order valence-corrected chi connectivity index (χ1v) is 14.4. The van der Waals surface area contributed by atoms with Gasteiger partial charge < -0.3 is 0 Å². The predicted octanol–water partition coefficient (Wildman–Crippen LogP) is 4.05. The van der Waals surface area contributed by atoms with E-state index in [1.165, 1.54) is 9.40 Å². The Kier molecular flexibility index (Phi) is 2.98. The van der Waals surface area contributed by atoms with Crippen LogP contribution in [0.15, 0.2) is 12.1 Å². The highest BCUT2D eigenvalue weighted by molar-refractivity contribution is 7.39. The van der Waals surface area contributed by atoms with E-state index in [9.17, 15) is 0 Å². The van der Waals surface area contributed by atoms with Gasteiger partial charge in [0.1, 0.15) is 0 Å². The Morgan fingerprint density at radius 2 is 1.00 bits per heavy atom. The van der Waals surface area contributed by atoms with Crippen molar-refractivity contribution >= 4 is 57.2 Å². The van der Waals surface area contributed by atoms with Crippen LogP contribution >= 0.6 is 22.7 Å². The van der Waals surface area contributed by atoms with Crippen molar-refractivity contribution < 1.29 is 0 Å². The molecule has 0 saturated heterocycles. The van der Waals surface area contributed by atoms with E-state index in [0.29, 0.717) is 0 Å². The van der Waals surface area contributed by atoms with Gasteiger partial charge in [-0.15, -0.1) is 22.7 Å². The molecule has 2 aromatic rings. The SMILES string of the molecule is C[Si](C)(C)c1cc2sc([Si](C)(C)C)cc2s1. The zero-order valence-corrected chi connectivity index (χ0v) is 14.6. The maximum Gasteiger partial charge on any atom is 0.0904 e. The largest absolute Gasteiger partial charge is 0.144 e. The van der Waals surface area contributed by atoms with Crippen LogP contribution in [0.25, 0.3) is 9.40 Å². The predicted molar refractivity (Wildman–Crippen MR) is 85.7 cm³/mol. The maximum absolute atomic E-state index is 2.46. The monoisotopic (exact) mass is 284 g/mol. The molecule has 0 unspecified atom stereocenters. The summed E-state index contributed by atoms with van der Waals surface area (Å²) in [6.07, 6.45) is 0. The number of fused-ring (bicyclic) bond motifs is 1. The molecule has 4 heteroatoms. The molecule has 0 spiro atoms. The van der Waals surface area contributed by atoms with Gasteiger partial charge >= 0.3 is 0 Å². The molecule has 0 aliphatic rings. The van der Waals surface area contributed by atoms with Crippen LogP contribution in [0, 0.1) is 0 Å². The Bertz CT molecular complexity index is 434. The van der Waals surface area contributed by atoms with Crippen LogP contribution < -0.4 is 9.00 Å². The molecular weight excluding hydrogens is 264 g/mol. The molecule has 0 atom stereocenters. The molecule has 16 heavy (non-hydrogen) atoms. The third kappa shape index (κ3) is 2.35. The zero-order valence-electron chi connectivity index (χ0n) is 11.0. The van der Waals surface area contributed by atoms with Crippen molar-refractivity contribution in [3.05, 3.63) is 12.1 Å². The topological polar surface area (TPSA) is 0 Å². The highest BCUT2D eigenvalue weighted by Crippen LogP contribution is 2.27. The lowest BCUT2D eigenvalue weighted by Crippen LogP contribution is -2.35. The summed E-state index contributed by atoms with van der Waals surface area (Å²) in [4.78, 5) is 0. The van der Waals surface area contributed by atoms with E-state index in [4.69, 9.17) is 0 Å². The first kappa shape index (κ1) is 12.5. The van der Waals surface area contributed by atoms with Gasteiger partial charge in [0.2, 0.25) is 0 Å². The Morgan fingerprint density at radius 1 is 0.688 bits per heavy atom. The molecule has 0 aliphatic heterocycles. The first-order valence-electron chi connectivity index (χ1n) is 5.72. The summed E-state index contributed by atoms with van der Waals surface area (Å²) in [7, 11) is -2.21. The van der Waals surface area contributed by atoms with Crippen LogP contribution in [0.1, 0.15) is 0 Å². The molecule has 0 aliphatic carbocycles. The van der Waals surface area contributed by atoms with Gasteiger partial charge in [0.15, 0.2) is 0 Å². The first-order chi connectivity index (χ1) is 7.18. The number of rotatable bonds is 2. The van der Waals surface area contributed by atoms with E-state index in [2.05, 4.69) is 51.4 Å². The Balaban J connectivity index is 2.49. The molecule has 0 fully saturated rings. The lowest BCUT2D eigenvalue weighted by Gasteiger charge is -2.13. The second-order valence-corrected chi connectivity index (χ2v) is 19.4. The molecule has 2 heterocycles. The van der Waals surface area contributed by atoms with Crippen LogP contribution in [0.3, 0.4) is 0 Å². The molecule has 2 rings (SSSR count). The standard InChI is InChI=1S/C12H20S2Si2/c1-15(2,3)11-7-9-10(13-11)8-12(14-9)16(4,5)6/h7-8H,1-6H3. The van der Waals surface area contributed by atoms with Gasteiger partial charge in [0, 0.05) is 9.40 Å². The van der Waals surface area contributed by atoms with Crippen LogP contribution in [0.2, 0.25) is 39.3 Å². The number of hydrogen-bond donors (Lipinski definition) is 0. The van der Waals surface area contributed by atoms with E-state index in [0.717, 1.165) is 0 Å². The number of hydrogen-bond acceptors (Lipinski definition) is 2. The fourth-order valence-electron chi connectivity index (χ4n) is 1.57. The van der Waals surface area contributed by atoms with Gasteiger partial charge in [-0.25, -0.2) is 0 Å². The van der Waals surface area contributed by atoms with E-state index in [1.54, 1.807) is 9.00 Å². The summed E-state index contributed by atoms with van der Waals surface area (Å²) in [5.41, 5.74) is 0. The van der Waals surface area contributed by atoms with Gasteiger partial charge in [-0.2, -0.15) is 0 Å². The van der Waals surface area contributed by atoms with Crippen LogP contribution in [0.4, 0.5) is 0 Å². The normalized spacial score (nSPS) is 13.6. The smallest absolute Gasteiger partial charge is 0.0904 e. The quantitative estimate of drug-likeness (QED) is 0.730. The minimum atomic E-state index is -1.11. The number of thiophene rings is 2. The summed E-state index contributed by atoms with van der Waals surface area (Å²) in [5.74, 6) is 0. The third-order valence-electron chi connectivity index (χ3n) is 2.69. The molecule has 0 bridgehead atoms. The third-order valence-corrected chi connectivity index (χ3v) is 12.1. The molecule has 0 radical (unpaired) electrons. The lowest BCUT2D eigenvalue weighted by molar-refractivity contribution is 1.79. The molecule has 0 saturated carbocycles. The summed E-state index contributed by atoms with van der Waals surface area (Å²) in [6.45, 7) is 14.6. The van der Waals surface area contributed by atoms with E-state index in [-0.39, 0.29) is 0 Å². The van der Waals surface area contributed by atoms with Gasteiger partial charge in [0.25, 0.3) is 0 Å². The fraction of sp³-hybridized carbons (Fsp3) is 0.500. The fourth-order valence-corrected chi connectivity index (χ4v) is 7.95. The van der Waals surface area contributed by atoms with Gasteiger partial charge in [-0.1, -0.05) is 39.3 Å². The molecular formula is C12H20S2Si2. The highest BCUT2D eigenvalue weighted by Gasteiger charge is 2.23. The minimum absolute atomic E-state index is 1.11. The van der Waals surface area contributed by atoms with Crippen molar-refractivity contribution in [1.82, 2.24) is 0 Å². The van der Waals surface area contributed by atoms with Crippen LogP contribution in [-0.4, -0.2) is 16.1 Å². The average molecular weight is 285 g/mol. The summed E-state index contributed by atoms with van der Waals surface area (Å²) in [6, 6.07) is 4.92. The molecule has 2 aromatic heterocycles. The van der Waals surface area contributed by atoms with E-state index in [1.807, 2.05) is 22.7 Å². The van der Waals surface area contributed by atoms with Crippen molar-refractivity contribution in [1.29, 1.82) is 0 Å². The van der Waals surface area contributed by atoms with E-state index >= 15 is 0 Å². The summed E-state index contributed by atoms with van der Waals surface area (Å²) >= 11 is 4.07. The van der Waals surface area contributed by atoms with Crippen LogP contribution in [-0.2, 0) is 0 Å². The van der Waals surface area contributed by atoms with Crippen molar-refractivity contribution in [3.63, 3.8) is 0 Å². The molecule has 0 N–H and O–H groups in total. The molecule has 88 valence electrons. The summed E-state index contributed by atoms with van der Waals surface area (Å²) in [5, 5.41) is 0.